The van der Waals surface area contributed by atoms with Crippen LogP contribution in [-0.2, 0) is 17.0 Å². The van der Waals surface area contributed by atoms with Gasteiger partial charge in [0.1, 0.15) is 0 Å². The van der Waals surface area contributed by atoms with Crippen molar-refractivity contribution in [3.63, 3.8) is 0 Å². The van der Waals surface area contributed by atoms with Crippen LogP contribution < -0.4 is 10.3 Å². The molecule has 0 saturated carbocycles. The molecule has 0 bridgehead atoms. The summed E-state index contributed by atoms with van der Waals surface area (Å²) in [7, 11) is 1.64. The molecule has 1 heterocycles. The highest BCUT2D eigenvalue weighted by Crippen LogP contribution is 2.33. The number of hydrogen-bond donors (Lipinski definition) is 2. The number of rotatable bonds is 6. The third-order valence-corrected chi connectivity index (χ3v) is 5.86. The first-order valence-corrected chi connectivity index (χ1v) is 10.2. The van der Waals surface area contributed by atoms with Crippen LogP contribution in [0.4, 0.5) is 0 Å². The van der Waals surface area contributed by atoms with Crippen LogP contribution in [0.15, 0.2) is 65.7 Å². The Kier molecular flexibility index (Phi) is 5.90. The minimum Gasteiger partial charge on any atom is -0.313 e. The number of aryl methyl sites for hydroxylation is 1. The summed E-state index contributed by atoms with van der Waals surface area (Å²) in [5, 5.41) is 0. The van der Waals surface area contributed by atoms with Gasteiger partial charge in [-0.2, -0.15) is 0 Å². The molecule has 1 aliphatic carbocycles. The van der Waals surface area contributed by atoms with E-state index in [1.807, 2.05) is 18.2 Å². The molecule has 2 aromatic carbocycles. The second-order valence-electron chi connectivity index (χ2n) is 6.98. The Morgan fingerprint density at radius 1 is 1.18 bits per heavy atom. The number of nitrogens with zero attached hydrogens (tertiary/aromatic N) is 1. The van der Waals surface area contributed by atoms with Gasteiger partial charge in [-0.3, -0.25) is 4.79 Å². The van der Waals surface area contributed by atoms with Crippen LogP contribution in [0.5, 0.6) is 0 Å². The largest absolute Gasteiger partial charge is 0.313 e. The van der Waals surface area contributed by atoms with Crippen LogP contribution in [0.3, 0.4) is 0 Å². The van der Waals surface area contributed by atoms with E-state index < -0.39 is 0 Å². The highest BCUT2D eigenvalue weighted by Gasteiger charge is 2.33. The van der Waals surface area contributed by atoms with Crippen molar-refractivity contribution in [2.75, 3.05) is 7.11 Å². The monoisotopic (exact) mass is 393 g/mol. The number of aromatic amines is 1. The first-order valence-electron chi connectivity index (χ1n) is 9.42. The van der Waals surface area contributed by atoms with E-state index >= 15 is 0 Å². The lowest BCUT2D eigenvalue weighted by Crippen LogP contribution is -2.40. The Bertz CT molecular complexity index is 990. The number of nitrogens with one attached hydrogen (secondary N) is 2. The molecule has 2 unspecified atom stereocenters. The minimum atomic E-state index is -0.0388. The van der Waals surface area contributed by atoms with Crippen LogP contribution in [0.1, 0.15) is 29.2 Å². The molecular weight excluding hydrogens is 370 g/mol. The van der Waals surface area contributed by atoms with Crippen LogP contribution in [-0.4, -0.2) is 23.1 Å². The Morgan fingerprint density at radius 2 is 2.00 bits per heavy atom. The third-order valence-electron chi connectivity index (χ3n) is 5.29. The number of H-pyrrole nitrogens is 1. The standard InChI is InChI=1S/C22H23N3O2S/c1-27-28-25-19-10-11-20-21(22(26)24-14-23-20)18(19)13-15-6-5-9-17(12-15)16-7-3-2-4-8-16/h2-9,12,14,18-19,25H,10-11,13H2,1H3,(H,23,24,26). The highest BCUT2D eigenvalue weighted by atomic mass is 32.2. The van der Waals surface area contributed by atoms with Gasteiger partial charge in [0.05, 0.1) is 31.4 Å². The molecule has 1 aromatic heterocycles. The first kappa shape index (κ1) is 18.9. The van der Waals surface area contributed by atoms with Gasteiger partial charge in [0, 0.05) is 17.5 Å². The van der Waals surface area contributed by atoms with Crippen LogP contribution in [0, 0.1) is 0 Å². The van der Waals surface area contributed by atoms with E-state index in [0.717, 1.165) is 30.5 Å². The number of hydrogen-bond acceptors (Lipinski definition) is 5. The van der Waals surface area contributed by atoms with E-state index in [1.165, 1.54) is 35.2 Å². The molecule has 3 aromatic rings. The Labute approximate surface area is 168 Å². The maximum Gasteiger partial charge on any atom is 0.254 e. The predicted molar refractivity (Wildman–Crippen MR) is 113 cm³/mol. The molecule has 0 spiro atoms. The van der Waals surface area contributed by atoms with Gasteiger partial charge in [-0.05, 0) is 36.0 Å². The van der Waals surface area contributed by atoms with Crippen molar-refractivity contribution in [3.05, 3.63) is 88.1 Å². The summed E-state index contributed by atoms with van der Waals surface area (Å²) in [6, 6.07) is 19.0. The lowest BCUT2D eigenvalue weighted by atomic mass is 9.79. The van der Waals surface area contributed by atoms with E-state index in [9.17, 15) is 4.79 Å². The van der Waals surface area contributed by atoms with Crippen molar-refractivity contribution in [2.45, 2.75) is 31.2 Å². The Balaban J connectivity index is 1.67. The van der Waals surface area contributed by atoms with Gasteiger partial charge < -0.3 is 9.17 Å². The van der Waals surface area contributed by atoms with Gasteiger partial charge >= 0.3 is 0 Å². The summed E-state index contributed by atoms with van der Waals surface area (Å²) in [6.07, 6.45) is 3.99. The van der Waals surface area contributed by atoms with Gasteiger partial charge in [0.25, 0.3) is 5.56 Å². The fourth-order valence-corrected chi connectivity index (χ4v) is 4.48. The van der Waals surface area contributed by atoms with Gasteiger partial charge in [0.15, 0.2) is 0 Å². The summed E-state index contributed by atoms with van der Waals surface area (Å²) in [4.78, 5) is 19.8. The molecule has 2 atom stereocenters. The molecule has 0 aliphatic heterocycles. The van der Waals surface area contributed by atoms with Gasteiger partial charge in [-0.25, -0.2) is 9.71 Å². The fraction of sp³-hybridized carbons (Fsp3) is 0.273. The van der Waals surface area contributed by atoms with Crippen molar-refractivity contribution in [1.82, 2.24) is 14.7 Å². The average molecular weight is 394 g/mol. The van der Waals surface area contributed by atoms with Crippen molar-refractivity contribution in [1.29, 1.82) is 0 Å². The first-order chi connectivity index (χ1) is 13.8. The lowest BCUT2D eigenvalue weighted by Gasteiger charge is -2.32. The van der Waals surface area contributed by atoms with Crippen molar-refractivity contribution >= 4 is 12.2 Å². The molecular formula is C22H23N3O2S. The number of aromatic nitrogens is 2. The molecule has 28 heavy (non-hydrogen) atoms. The molecule has 5 nitrogen and oxygen atoms in total. The zero-order valence-corrected chi connectivity index (χ0v) is 16.5. The summed E-state index contributed by atoms with van der Waals surface area (Å²) < 4.78 is 8.51. The molecule has 6 heteroatoms. The average Bonchev–Trinajstić information content (AvgIpc) is 2.74. The molecule has 0 amide bonds. The van der Waals surface area contributed by atoms with Gasteiger partial charge in [0.2, 0.25) is 0 Å². The summed E-state index contributed by atoms with van der Waals surface area (Å²) in [6.45, 7) is 0. The Hall–Kier alpha value is -2.41. The van der Waals surface area contributed by atoms with Gasteiger partial charge in [-0.15, -0.1) is 0 Å². The normalized spacial score (nSPS) is 18.6. The fourth-order valence-electron chi connectivity index (χ4n) is 3.98. The van der Waals surface area contributed by atoms with E-state index in [0.29, 0.717) is 0 Å². The molecule has 0 radical (unpaired) electrons. The SMILES string of the molecule is COSNC1CCc2nc[nH]c(=O)c2C1Cc1cccc(-c2ccccc2)c1. The zero-order valence-electron chi connectivity index (χ0n) is 15.7. The molecule has 0 saturated heterocycles. The highest BCUT2D eigenvalue weighted by molar-refractivity contribution is 7.92. The van der Waals surface area contributed by atoms with Crippen molar-refractivity contribution in [3.8, 4) is 11.1 Å². The van der Waals surface area contributed by atoms with Crippen LogP contribution in [0.25, 0.3) is 11.1 Å². The number of fused-ring (bicyclic) bond motifs is 1. The summed E-state index contributed by atoms with van der Waals surface area (Å²) in [5.41, 5.74) is 5.25. The predicted octanol–water partition coefficient (Wildman–Crippen LogP) is 3.88. The van der Waals surface area contributed by atoms with Crippen molar-refractivity contribution in [2.24, 2.45) is 0 Å². The summed E-state index contributed by atoms with van der Waals surface area (Å²) in [5.74, 6) is 0.0369. The molecule has 4 rings (SSSR count). The third kappa shape index (κ3) is 4.04. The van der Waals surface area contributed by atoms with Crippen LogP contribution >= 0.6 is 12.2 Å². The second kappa shape index (κ2) is 8.73. The van der Waals surface area contributed by atoms with Crippen LogP contribution in [0.2, 0.25) is 0 Å². The van der Waals surface area contributed by atoms with E-state index in [1.54, 1.807) is 7.11 Å². The Morgan fingerprint density at radius 3 is 2.82 bits per heavy atom. The second-order valence-corrected chi connectivity index (χ2v) is 7.72. The maximum atomic E-state index is 12.6. The minimum absolute atomic E-state index is 0.0369. The van der Waals surface area contributed by atoms with E-state index in [4.69, 9.17) is 4.18 Å². The van der Waals surface area contributed by atoms with Crippen molar-refractivity contribution < 1.29 is 4.18 Å². The molecule has 2 N–H and O–H groups in total. The molecule has 1 aliphatic rings. The molecule has 0 fully saturated rings. The quantitative estimate of drug-likeness (QED) is 0.491. The van der Waals surface area contributed by atoms with Gasteiger partial charge in [-0.1, -0.05) is 54.6 Å². The maximum absolute atomic E-state index is 12.6. The number of benzene rings is 2. The summed E-state index contributed by atoms with van der Waals surface area (Å²) >= 11 is 1.23. The smallest absolute Gasteiger partial charge is 0.254 e. The zero-order chi connectivity index (χ0) is 19.3. The molecule has 144 valence electrons. The van der Waals surface area contributed by atoms with E-state index in [2.05, 4.69) is 51.1 Å². The van der Waals surface area contributed by atoms with E-state index in [-0.39, 0.29) is 17.5 Å². The topological polar surface area (TPSA) is 67.0 Å². The lowest BCUT2D eigenvalue weighted by molar-refractivity contribution is 0.414.